The molecule has 6 aromatic carbocycles. The molecule has 0 atom stereocenters. The molecule has 9 rings (SSSR count). The first-order chi connectivity index (χ1) is 34.9. The molecule has 0 spiro atoms. The molecular formula is C62H66IrN2O-2. The average Bonchev–Trinajstić information content (AvgIpc) is 3.77. The Morgan fingerprint density at radius 2 is 1.35 bits per heavy atom. The second kappa shape index (κ2) is 19.1. The number of hydrogen-bond donors (Lipinski definition) is 0. The Morgan fingerprint density at radius 3 is 1.95 bits per heavy atom. The fourth-order valence-corrected chi connectivity index (χ4v) is 8.40. The normalized spacial score (nSPS) is 15.7. The number of rotatable bonds is 7. The molecule has 0 unspecified atom stereocenters. The summed E-state index contributed by atoms with van der Waals surface area (Å²) in [6, 6.07) is 38.8. The predicted octanol–water partition coefficient (Wildman–Crippen LogP) is 17.8. The summed E-state index contributed by atoms with van der Waals surface area (Å²) < 4.78 is 98.6. The smallest absolute Gasteiger partial charge is 0.129 e. The Bertz CT molecular complexity index is 3560. The first-order valence-corrected chi connectivity index (χ1v) is 22.3. The van der Waals surface area contributed by atoms with Gasteiger partial charge in [-0.15, -0.1) is 53.6 Å². The van der Waals surface area contributed by atoms with E-state index in [1.807, 2.05) is 84.1 Å². The molecule has 4 heteroatoms. The second-order valence-electron chi connectivity index (χ2n) is 19.8. The number of pyridine rings is 2. The minimum atomic E-state index is -2.56. The van der Waals surface area contributed by atoms with Crippen molar-refractivity contribution in [2.75, 3.05) is 0 Å². The zero-order chi connectivity index (χ0) is 56.1. The summed E-state index contributed by atoms with van der Waals surface area (Å²) in [5, 5.41) is 5.52. The van der Waals surface area contributed by atoms with Gasteiger partial charge in [-0.1, -0.05) is 173 Å². The van der Waals surface area contributed by atoms with Crippen LogP contribution in [0.3, 0.4) is 0 Å². The van der Waals surface area contributed by atoms with Crippen molar-refractivity contribution in [1.82, 2.24) is 9.97 Å². The van der Waals surface area contributed by atoms with Crippen LogP contribution in [0.15, 0.2) is 120 Å². The van der Waals surface area contributed by atoms with Crippen molar-refractivity contribution >= 4 is 43.5 Å². The topological polar surface area (TPSA) is 38.9 Å². The monoisotopic (exact) mass is 1060 g/mol. The fraction of sp³-hybridized carbons (Fsp3) is 0.323. The van der Waals surface area contributed by atoms with Gasteiger partial charge in [0.15, 0.2) is 0 Å². The Hall–Kier alpha value is -5.41. The predicted molar refractivity (Wildman–Crippen MR) is 278 cm³/mol. The summed E-state index contributed by atoms with van der Waals surface area (Å²) in [5.74, 6) is -2.90. The Balaban J connectivity index is 0.000000345. The molecule has 3 heterocycles. The van der Waals surface area contributed by atoms with Crippen molar-refractivity contribution in [2.24, 2.45) is 5.41 Å². The van der Waals surface area contributed by atoms with Crippen LogP contribution in [-0.2, 0) is 31.9 Å². The number of aryl methyl sites for hydroxylation is 2. The molecular weight excluding hydrogens is 981 g/mol. The van der Waals surface area contributed by atoms with E-state index < -0.39 is 43.2 Å². The van der Waals surface area contributed by atoms with Gasteiger partial charge in [-0.05, 0) is 114 Å². The van der Waals surface area contributed by atoms with Crippen LogP contribution < -0.4 is 0 Å². The van der Waals surface area contributed by atoms with E-state index in [1.54, 1.807) is 39.0 Å². The molecule has 0 N–H and O–H groups in total. The van der Waals surface area contributed by atoms with Crippen LogP contribution in [0.25, 0.3) is 77.1 Å². The second-order valence-corrected chi connectivity index (χ2v) is 19.8. The summed E-state index contributed by atoms with van der Waals surface area (Å²) in [5.41, 5.74) is 8.29. The number of nitrogens with zero attached hydrogens (tertiary/aromatic N) is 2. The van der Waals surface area contributed by atoms with Crippen LogP contribution in [0.2, 0.25) is 0 Å². The number of hydrogen-bond acceptors (Lipinski definition) is 3. The van der Waals surface area contributed by atoms with Crippen molar-refractivity contribution in [1.29, 1.82) is 0 Å². The van der Waals surface area contributed by atoms with Crippen LogP contribution in [0, 0.1) is 31.3 Å². The number of furan rings is 1. The van der Waals surface area contributed by atoms with Gasteiger partial charge in [-0.2, -0.15) is 0 Å². The van der Waals surface area contributed by atoms with E-state index in [-0.39, 0.29) is 36.6 Å². The first kappa shape index (κ1) is 35.7. The maximum absolute atomic E-state index is 9.18. The zero-order valence-electron chi connectivity index (χ0n) is 51.1. The molecule has 3 aromatic heterocycles. The van der Waals surface area contributed by atoms with Crippen LogP contribution in [0.4, 0.5) is 0 Å². The van der Waals surface area contributed by atoms with Gasteiger partial charge in [0.2, 0.25) is 0 Å². The molecule has 0 aliphatic rings. The van der Waals surface area contributed by atoms with Crippen molar-refractivity contribution < 1.29 is 39.6 Å². The van der Waals surface area contributed by atoms with Gasteiger partial charge in [0.1, 0.15) is 5.58 Å². The standard InChI is InChI=1S/C46H48NO.C16H18N.Ir/c1-26(2)33-21-39(27(3)4)42(40(22-33)28(5)6)32-17-18-35-31(20-32)15-14-30-16-19-37-36-12-11-13-38(44(36)48-45(37)43(30)35)41-23-34(24-46(8,9)10)29(7)25-47-41;1-12-5-7-13(8-6-12)15-10-9-14(11-17-15)16(2,3)4;/h11-12,14-23,25-28H,24H2,1-10H3;5-7,9-11H,1-4H3;/q2*-1;/i7D3,24D2,26D,27D,28D;1D3;. The van der Waals surface area contributed by atoms with Crippen molar-refractivity contribution in [3.63, 3.8) is 0 Å². The van der Waals surface area contributed by atoms with Crippen LogP contribution in [0.1, 0.15) is 155 Å². The summed E-state index contributed by atoms with van der Waals surface area (Å²) in [6.07, 6.45) is 1.14. The number of fused-ring (bicyclic) bond motifs is 7. The van der Waals surface area contributed by atoms with Gasteiger partial charge in [0, 0.05) is 58.3 Å². The maximum atomic E-state index is 9.18. The molecule has 3 nitrogen and oxygen atoms in total. The molecule has 0 fully saturated rings. The van der Waals surface area contributed by atoms with Gasteiger partial charge < -0.3 is 14.4 Å². The maximum Gasteiger partial charge on any atom is 0.129 e. The molecule has 66 heavy (non-hydrogen) atoms. The minimum absolute atomic E-state index is 0. The van der Waals surface area contributed by atoms with Crippen molar-refractivity contribution in [3.05, 3.63) is 167 Å². The van der Waals surface area contributed by atoms with E-state index in [1.165, 1.54) is 23.9 Å². The van der Waals surface area contributed by atoms with Gasteiger partial charge in [-0.25, -0.2) is 0 Å². The van der Waals surface area contributed by atoms with E-state index >= 15 is 0 Å². The van der Waals surface area contributed by atoms with E-state index in [2.05, 4.69) is 79.3 Å². The van der Waals surface area contributed by atoms with Crippen LogP contribution in [-0.4, -0.2) is 9.97 Å². The zero-order valence-corrected chi connectivity index (χ0v) is 42.5. The van der Waals surface area contributed by atoms with Crippen molar-refractivity contribution in [3.8, 4) is 33.6 Å². The Morgan fingerprint density at radius 1 is 0.667 bits per heavy atom. The molecule has 341 valence electrons. The SMILES string of the molecule is [2H]C([2H])([2H])c1c[c-]c(-c2ccc(C(C)(C)C)cn2)cc1.[2H]C([2H])([2H])c1cnc(-c2[c-]ccc3c2oc2c3ccc3ccc4cc(-c5c(C([2H])(C)C)cc(C([2H])(C)C)cc5C([2H])(C)C)ccc4c32)cc1C([2H])([2H])C(C)(C)C.[Ir]. The number of benzene rings is 6. The summed E-state index contributed by atoms with van der Waals surface area (Å²) in [4.78, 5) is 8.99. The Kier molecular flexibility index (Phi) is 10.3. The van der Waals surface area contributed by atoms with Gasteiger partial charge in [0.05, 0.1) is 5.58 Å². The minimum Gasteiger partial charge on any atom is -0.500 e. The summed E-state index contributed by atoms with van der Waals surface area (Å²) in [7, 11) is 0. The van der Waals surface area contributed by atoms with E-state index in [9.17, 15) is 2.74 Å². The third-order valence-corrected chi connectivity index (χ3v) is 11.9. The van der Waals surface area contributed by atoms with E-state index in [4.69, 9.17) is 16.8 Å². The van der Waals surface area contributed by atoms with Gasteiger partial charge in [-0.3, -0.25) is 0 Å². The van der Waals surface area contributed by atoms with E-state index in [0.717, 1.165) is 71.4 Å². The number of aromatic nitrogens is 2. The van der Waals surface area contributed by atoms with Gasteiger partial charge >= 0.3 is 0 Å². The third-order valence-electron chi connectivity index (χ3n) is 11.9. The van der Waals surface area contributed by atoms with Gasteiger partial charge in [0.25, 0.3) is 0 Å². The molecule has 0 aliphatic carbocycles. The molecule has 9 aromatic rings. The van der Waals surface area contributed by atoms with Crippen molar-refractivity contribution in [2.45, 2.75) is 126 Å². The quantitative estimate of drug-likeness (QED) is 0.118. The summed E-state index contributed by atoms with van der Waals surface area (Å²) >= 11 is 0. The van der Waals surface area contributed by atoms with Crippen LogP contribution in [0.5, 0.6) is 0 Å². The fourth-order valence-electron chi connectivity index (χ4n) is 8.40. The molecule has 0 aliphatic heterocycles. The third kappa shape index (κ3) is 9.97. The molecule has 0 saturated heterocycles. The first-order valence-electron chi connectivity index (χ1n) is 27.8. The summed E-state index contributed by atoms with van der Waals surface area (Å²) in [6.45, 7) is 18.1. The molecule has 1 radical (unpaired) electrons. The van der Waals surface area contributed by atoms with Crippen LogP contribution >= 0.6 is 0 Å². The Labute approximate surface area is 423 Å². The molecule has 0 bridgehead atoms. The molecule has 0 amide bonds. The molecule has 0 saturated carbocycles. The van der Waals surface area contributed by atoms with E-state index in [0.29, 0.717) is 28.0 Å². The largest absolute Gasteiger partial charge is 0.500 e. The average molecular weight is 1060 g/mol.